The number of aromatic nitrogens is 3. The SMILES string of the molecule is CN1C(=O)c2cccc(-n3c4ccccc4c4ccc(-c5cncnc5)cc43)c2C1=O. The second-order valence-electron chi connectivity index (χ2n) is 7.58. The number of imide groups is 1. The second-order valence-corrected chi connectivity index (χ2v) is 7.58. The predicted octanol–water partition coefficient (Wildman–Crippen LogP) is 4.47. The molecule has 1 aliphatic heterocycles. The molecule has 2 amide bonds. The van der Waals surface area contributed by atoms with Crippen molar-refractivity contribution >= 4 is 33.6 Å². The molecule has 0 atom stereocenters. The molecule has 0 N–H and O–H groups in total. The third-order valence-electron chi connectivity index (χ3n) is 5.90. The highest BCUT2D eigenvalue weighted by molar-refractivity contribution is 6.23. The minimum Gasteiger partial charge on any atom is -0.308 e. The van der Waals surface area contributed by atoms with Gasteiger partial charge in [-0.2, -0.15) is 0 Å². The molecule has 0 spiro atoms. The van der Waals surface area contributed by atoms with Crippen LogP contribution in [-0.4, -0.2) is 38.3 Å². The molecular formula is C25H16N4O2. The van der Waals surface area contributed by atoms with Crippen molar-refractivity contribution in [1.82, 2.24) is 19.4 Å². The molecule has 0 fully saturated rings. The van der Waals surface area contributed by atoms with E-state index in [4.69, 9.17) is 0 Å². The van der Waals surface area contributed by atoms with E-state index < -0.39 is 0 Å². The summed E-state index contributed by atoms with van der Waals surface area (Å²) in [5.74, 6) is -0.557. The molecule has 0 saturated heterocycles. The van der Waals surface area contributed by atoms with Gasteiger partial charge in [0.15, 0.2) is 0 Å². The zero-order chi connectivity index (χ0) is 21.1. The predicted molar refractivity (Wildman–Crippen MR) is 118 cm³/mol. The molecule has 6 rings (SSSR count). The van der Waals surface area contributed by atoms with Gasteiger partial charge in [0.05, 0.1) is 27.8 Å². The van der Waals surface area contributed by atoms with Crippen molar-refractivity contribution in [3.63, 3.8) is 0 Å². The molecule has 2 aromatic heterocycles. The number of fused-ring (bicyclic) bond motifs is 4. The summed E-state index contributed by atoms with van der Waals surface area (Å²) in [5.41, 5.74) is 5.38. The van der Waals surface area contributed by atoms with Gasteiger partial charge in [-0.1, -0.05) is 36.4 Å². The average molecular weight is 404 g/mol. The minimum absolute atomic E-state index is 0.273. The lowest BCUT2D eigenvalue weighted by molar-refractivity contribution is 0.0693. The van der Waals surface area contributed by atoms with Gasteiger partial charge in [0.25, 0.3) is 11.8 Å². The molecular weight excluding hydrogens is 388 g/mol. The average Bonchev–Trinajstić information content (AvgIpc) is 3.26. The van der Waals surface area contributed by atoms with Gasteiger partial charge in [0.1, 0.15) is 6.33 Å². The Morgan fingerprint density at radius 2 is 1.52 bits per heavy atom. The van der Waals surface area contributed by atoms with Gasteiger partial charge in [-0.25, -0.2) is 9.97 Å². The van der Waals surface area contributed by atoms with Gasteiger partial charge in [0.2, 0.25) is 0 Å². The lowest BCUT2D eigenvalue weighted by atomic mass is 10.1. The normalized spacial score (nSPS) is 13.4. The van der Waals surface area contributed by atoms with Crippen LogP contribution in [-0.2, 0) is 0 Å². The number of amides is 2. The molecule has 0 unspecified atom stereocenters. The van der Waals surface area contributed by atoms with Crippen LogP contribution in [0.5, 0.6) is 0 Å². The maximum absolute atomic E-state index is 13.0. The zero-order valence-corrected chi connectivity index (χ0v) is 16.6. The first-order chi connectivity index (χ1) is 15.1. The molecule has 0 aliphatic carbocycles. The fourth-order valence-corrected chi connectivity index (χ4v) is 4.43. The number of benzene rings is 3. The minimum atomic E-state index is -0.283. The van der Waals surface area contributed by atoms with E-state index in [2.05, 4.69) is 38.8 Å². The molecule has 6 heteroatoms. The van der Waals surface area contributed by atoms with E-state index in [9.17, 15) is 9.59 Å². The Kier molecular flexibility index (Phi) is 3.58. The van der Waals surface area contributed by atoms with Crippen LogP contribution in [0.2, 0.25) is 0 Å². The molecule has 31 heavy (non-hydrogen) atoms. The number of hydrogen-bond donors (Lipinski definition) is 0. The quantitative estimate of drug-likeness (QED) is 0.407. The van der Waals surface area contributed by atoms with Crippen molar-refractivity contribution in [2.45, 2.75) is 0 Å². The molecule has 3 aromatic carbocycles. The maximum Gasteiger partial charge on any atom is 0.263 e. The summed E-state index contributed by atoms with van der Waals surface area (Å²) >= 11 is 0. The Morgan fingerprint density at radius 1 is 0.742 bits per heavy atom. The van der Waals surface area contributed by atoms with Gasteiger partial charge in [0, 0.05) is 35.8 Å². The highest BCUT2D eigenvalue weighted by atomic mass is 16.2. The fraction of sp³-hybridized carbons (Fsp3) is 0.0400. The van der Waals surface area contributed by atoms with Gasteiger partial charge in [-0.15, -0.1) is 0 Å². The Balaban J connectivity index is 1.73. The summed E-state index contributed by atoms with van der Waals surface area (Å²) in [5, 5.41) is 2.15. The van der Waals surface area contributed by atoms with Crippen molar-refractivity contribution in [3.05, 3.63) is 90.5 Å². The second kappa shape index (κ2) is 6.34. The van der Waals surface area contributed by atoms with E-state index in [1.807, 2.05) is 30.3 Å². The number of hydrogen-bond acceptors (Lipinski definition) is 4. The Hall–Kier alpha value is -4.32. The molecule has 6 nitrogen and oxygen atoms in total. The zero-order valence-electron chi connectivity index (χ0n) is 16.6. The third kappa shape index (κ3) is 2.39. The molecule has 0 bridgehead atoms. The van der Waals surface area contributed by atoms with Crippen LogP contribution >= 0.6 is 0 Å². The van der Waals surface area contributed by atoms with Gasteiger partial charge in [-0.05, 0) is 29.8 Å². The van der Waals surface area contributed by atoms with Crippen molar-refractivity contribution in [2.75, 3.05) is 7.05 Å². The standard InChI is InChI=1S/C25H16N4O2/c1-28-24(30)19-6-4-8-21(23(19)25(28)31)29-20-7-3-2-5-17(20)18-10-9-15(11-22(18)29)16-12-26-14-27-13-16/h2-14H,1H3. The van der Waals surface area contributed by atoms with Crippen molar-refractivity contribution in [3.8, 4) is 16.8 Å². The number of nitrogens with zero attached hydrogens (tertiary/aromatic N) is 4. The number of carbonyl (C=O) groups is 2. The van der Waals surface area contributed by atoms with E-state index in [1.54, 1.807) is 18.5 Å². The molecule has 3 heterocycles. The van der Waals surface area contributed by atoms with Crippen LogP contribution in [0.25, 0.3) is 38.6 Å². The summed E-state index contributed by atoms with van der Waals surface area (Å²) in [6.45, 7) is 0. The van der Waals surface area contributed by atoms with Gasteiger partial charge >= 0.3 is 0 Å². The topological polar surface area (TPSA) is 68.1 Å². The van der Waals surface area contributed by atoms with Crippen LogP contribution in [0.3, 0.4) is 0 Å². The maximum atomic E-state index is 13.0. The molecule has 148 valence electrons. The van der Waals surface area contributed by atoms with Gasteiger partial charge < -0.3 is 4.57 Å². The van der Waals surface area contributed by atoms with Crippen molar-refractivity contribution in [1.29, 1.82) is 0 Å². The number of carbonyl (C=O) groups excluding carboxylic acids is 2. The van der Waals surface area contributed by atoms with Crippen molar-refractivity contribution in [2.24, 2.45) is 0 Å². The Morgan fingerprint density at radius 3 is 2.35 bits per heavy atom. The van der Waals surface area contributed by atoms with Crippen LogP contribution < -0.4 is 0 Å². The summed E-state index contributed by atoms with van der Waals surface area (Å²) < 4.78 is 2.07. The van der Waals surface area contributed by atoms with Crippen LogP contribution in [0.15, 0.2) is 79.4 Å². The Bertz CT molecular complexity index is 1540. The summed E-state index contributed by atoms with van der Waals surface area (Å²) in [6, 6.07) is 19.7. The summed E-state index contributed by atoms with van der Waals surface area (Å²) in [4.78, 5) is 35.0. The van der Waals surface area contributed by atoms with Crippen LogP contribution in [0.1, 0.15) is 20.7 Å². The third-order valence-corrected chi connectivity index (χ3v) is 5.90. The first-order valence-corrected chi connectivity index (χ1v) is 9.89. The lowest BCUT2D eigenvalue weighted by Crippen LogP contribution is -2.24. The van der Waals surface area contributed by atoms with Crippen molar-refractivity contribution < 1.29 is 9.59 Å². The summed E-state index contributed by atoms with van der Waals surface area (Å²) in [7, 11) is 1.52. The van der Waals surface area contributed by atoms with Crippen LogP contribution in [0, 0.1) is 0 Å². The smallest absolute Gasteiger partial charge is 0.263 e. The highest BCUT2D eigenvalue weighted by Gasteiger charge is 2.35. The first kappa shape index (κ1) is 17.5. The largest absolute Gasteiger partial charge is 0.308 e. The molecule has 5 aromatic rings. The van der Waals surface area contributed by atoms with E-state index in [1.165, 1.54) is 18.3 Å². The first-order valence-electron chi connectivity index (χ1n) is 9.89. The Labute approximate surface area is 177 Å². The van der Waals surface area contributed by atoms with E-state index in [-0.39, 0.29) is 11.8 Å². The fourth-order valence-electron chi connectivity index (χ4n) is 4.43. The molecule has 0 saturated carbocycles. The molecule has 1 aliphatic rings. The molecule has 0 radical (unpaired) electrons. The van der Waals surface area contributed by atoms with E-state index >= 15 is 0 Å². The van der Waals surface area contributed by atoms with Crippen LogP contribution in [0.4, 0.5) is 0 Å². The lowest BCUT2D eigenvalue weighted by Gasteiger charge is -2.12. The van der Waals surface area contributed by atoms with Gasteiger partial charge in [-0.3, -0.25) is 14.5 Å². The summed E-state index contributed by atoms with van der Waals surface area (Å²) in [6.07, 6.45) is 5.06. The number of para-hydroxylation sites is 1. The van der Waals surface area contributed by atoms with E-state index in [0.717, 1.165) is 32.9 Å². The monoisotopic (exact) mass is 404 g/mol. The highest BCUT2D eigenvalue weighted by Crippen LogP contribution is 2.37. The van der Waals surface area contributed by atoms with E-state index in [0.29, 0.717) is 16.8 Å². The number of rotatable bonds is 2.